The standard InChI is InChI=1S/C14H30N4O2/c1-11(13(19)15(3)4)17(7)9-10-18(8)12(2)14(20)16(5)6/h11-12H,9-10H2,1-8H3/t11-,12-/m1/s1. The highest BCUT2D eigenvalue weighted by molar-refractivity contribution is 5.81. The Morgan fingerprint density at radius 3 is 1.15 bits per heavy atom. The molecule has 0 rings (SSSR count). The summed E-state index contributed by atoms with van der Waals surface area (Å²) in [6.07, 6.45) is 0. The molecule has 0 spiro atoms. The zero-order chi connectivity index (χ0) is 16.0. The van der Waals surface area contributed by atoms with E-state index in [0.29, 0.717) is 0 Å². The van der Waals surface area contributed by atoms with Crippen LogP contribution in [-0.2, 0) is 9.59 Å². The van der Waals surface area contributed by atoms with Gasteiger partial charge in [0.25, 0.3) is 0 Å². The number of likely N-dealkylation sites (N-methyl/N-ethyl adjacent to an activating group) is 4. The third-order valence-corrected chi connectivity index (χ3v) is 3.72. The van der Waals surface area contributed by atoms with E-state index in [1.165, 1.54) is 0 Å². The normalized spacial score (nSPS) is 14.3. The molecule has 0 radical (unpaired) electrons. The molecule has 0 aliphatic carbocycles. The monoisotopic (exact) mass is 286 g/mol. The Balaban J connectivity index is 4.34. The molecule has 0 aromatic heterocycles. The first kappa shape index (κ1) is 18.9. The van der Waals surface area contributed by atoms with Gasteiger partial charge in [-0.15, -0.1) is 0 Å². The number of rotatable bonds is 7. The first-order chi connectivity index (χ1) is 9.09. The Labute approximate surface area is 123 Å². The molecule has 118 valence electrons. The van der Waals surface area contributed by atoms with Crippen LogP contribution in [0.15, 0.2) is 0 Å². The Bertz CT molecular complexity index is 299. The minimum atomic E-state index is -0.154. The Hall–Kier alpha value is -1.14. The van der Waals surface area contributed by atoms with Gasteiger partial charge in [0, 0.05) is 41.3 Å². The molecule has 2 atom stereocenters. The van der Waals surface area contributed by atoms with Crippen molar-refractivity contribution in [2.45, 2.75) is 25.9 Å². The molecule has 0 aromatic carbocycles. The molecule has 0 aliphatic rings. The van der Waals surface area contributed by atoms with Crippen LogP contribution in [-0.4, -0.2) is 98.9 Å². The van der Waals surface area contributed by atoms with Gasteiger partial charge in [-0.1, -0.05) is 0 Å². The second-order valence-corrected chi connectivity index (χ2v) is 5.78. The summed E-state index contributed by atoms with van der Waals surface area (Å²) in [4.78, 5) is 31.0. The van der Waals surface area contributed by atoms with E-state index < -0.39 is 0 Å². The van der Waals surface area contributed by atoms with Gasteiger partial charge < -0.3 is 9.80 Å². The molecule has 0 fully saturated rings. The number of amides is 2. The van der Waals surface area contributed by atoms with Crippen molar-refractivity contribution in [3.63, 3.8) is 0 Å². The molecular weight excluding hydrogens is 256 g/mol. The van der Waals surface area contributed by atoms with Crippen LogP contribution < -0.4 is 0 Å². The molecule has 0 bridgehead atoms. The van der Waals surface area contributed by atoms with E-state index in [-0.39, 0.29) is 23.9 Å². The molecule has 6 nitrogen and oxygen atoms in total. The van der Waals surface area contributed by atoms with Crippen molar-refractivity contribution >= 4 is 11.8 Å². The lowest BCUT2D eigenvalue weighted by Gasteiger charge is -2.30. The van der Waals surface area contributed by atoms with E-state index in [4.69, 9.17) is 0 Å². The van der Waals surface area contributed by atoms with Crippen LogP contribution in [0.25, 0.3) is 0 Å². The van der Waals surface area contributed by atoms with Gasteiger partial charge in [-0.25, -0.2) is 0 Å². The molecule has 2 amide bonds. The highest BCUT2D eigenvalue weighted by Gasteiger charge is 2.22. The predicted molar refractivity (Wildman–Crippen MR) is 81.6 cm³/mol. The van der Waals surface area contributed by atoms with E-state index in [1.807, 2.05) is 37.7 Å². The zero-order valence-corrected chi connectivity index (χ0v) is 14.2. The van der Waals surface area contributed by atoms with E-state index in [1.54, 1.807) is 38.0 Å². The second kappa shape index (κ2) is 8.21. The third-order valence-electron chi connectivity index (χ3n) is 3.72. The van der Waals surface area contributed by atoms with Crippen molar-refractivity contribution < 1.29 is 9.59 Å². The smallest absolute Gasteiger partial charge is 0.239 e. The summed E-state index contributed by atoms with van der Waals surface area (Å²) in [6.45, 7) is 5.28. The average Bonchev–Trinajstić information content (AvgIpc) is 2.40. The Morgan fingerprint density at radius 1 is 0.700 bits per heavy atom. The van der Waals surface area contributed by atoms with E-state index >= 15 is 0 Å². The van der Waals surface area contributed by atoms with Gasteiger partial charge in [0.2, 0.25) is 11.8 Å². The van der Waals surface area contributed by atoms with Crippen LogP contribution >= 0.6 is 0 Å². The van der Waals surface area contributed by atoms with Gasteiger partial charge in [0.15, 0.2) is 0 Å². The SMILES string of the molecule is C[C@H](C(=O)N(C)C)N(C)CCN(C)[C@H](C)C(=O)N(C)C. The van der Waals surface area contributed by atoms with E-state index in [0.717, 1.165) is 13.1 Å². The van der Waals surface area contributed by atoms with Crippen molar-refractivity contribution in [2.24, 2.45) is 0 Å². The molecule has 0 saturated heterocycles. The third kappa shape index (κ3) is 5.46. The quantitative estimate of drug-likeness (QED) is 0.650. The molecule has 0 unspecified atom stereocenters. The van der Waals surface area contributed by atoms with E-state index in [9.17, 15) is 9.59 Å². The molecule has 6 heteroatoms. The van der Waals surface area contributed by atoms with Gasteiger partial charge in [-0.05, 0) is 27.9 Å². The maximum atomic E-state index is 11.9. The van der Waals surface area contributed by atoms with Gasteiger partial charge in [-0.2, -0.15) is 0 Å². The molecule has 0 saturated carbocycles. The summed E-state index contributed by atoms with van der Waals surface area (Å²) in [5, 5.41) is 0. The van der Waals surface area contributed by atoms with Crippen molar-refractivity contribution in [1.82, 2.24) is 19.6 Å². The maximum Gasteiger partial charge on any atom is 0.239 e. The summed E-state index contributed by atoms with van der Waals surface area (Å²) in [5.74, 6) is 0.181. The maximum absolute atomic E-state index is 11.9. The van der Waals surface area contributed by atoms with Crippen LogP contribution in [0.4, 0.5) is 0 Å². The highest BCUT2D eigenvalue weighted by Crippen LogP contribution is 2.03. The van der Waals surface area contributed by atoms with E-state index in [2.05, 4.69) is 0 Å². The minimum absolute atomic E-state index is 0.0903. The van der Waals surface area contributed by atoms with Crippen LogP contribution in [0, 0.1) is 0 Å². The molecule has 0 aliphatic heterocycles. The molecule has 0 heterocycles. The lowest BCUT2D eigenvalue weighted by atomic mass is 10.2. The number of hydrogen-bond donors (Lipinski definition) is 0. The lowest BCUT2D eigenvalue weighted by molar-refractivity contribution is -0.135. The van der Waals surface area contributed by atoms with Gasteiger partial charge in [0.05, 0.1) is 12.1 Å². The summed E-state index contributed by atoms with van der Waals surface area (Å²) < 4.78 is 0. The largest absolute Gasteiger partial charge is 0.347 e. The number of carbonyl (C=O) groups is 2. The number of hydrogen-bond acceptors (Lipinski definition) is 4. The zero-order valence-electron chi connectivity index (χ0n) is 14.2. The van der Waals surface area contributed by atoms with Crippen molar-refractivity contribution in [3.8, 4) is 0 Å². The fourth-order valence-electron chi connectivity index (χ4n) is 1.83. The minimum Gasteiger partial charge on any atom is -0.347 e. The molecule has 20 heavy (non-hydrogen) atoms. The van der Waals surface area contributed by atoms with Crippen LogP contribution in [0.3, 0.4) is 0 Å². The summed E-state index contributed by atoms with van der Waals surface area (Å²) >= 11 is 0. The number of nitrogens with zero attached hydrogens (tertiary/aromatic N) is 4. The van der Waals surface area contributed by atoms with Crippen LogP contribution in [0.5, 0.6) is 0 Å². The predicted octanol–water partition coefficient (Wildman–Crippen LogP) is -0.197. The van der Waals surface area contributed by atoms with Gasteiger partial charge >= 0.3 is 0 Å². The van der Waals surface area contributed by atoms with Crippen molar-refractivity contribution in [3.05, 3.63) is 0 Å². The first-order valence-electron chi connectivity index (χ1n) is 6.92. The number of carbonyl (C=O) groups excluding carboxylic acids is 2. The van der Waals surface area contributed by atoms with Crippen LogP contribution in [0.2, 0.25) is 0 Å². The first-order valence-corrected chi connectivity index (χ1v) is 6.92. The Kier molecular flexibility index (Phi) is 7.75. The average molecular weight is 286 g/mol. The fraction of sp³-hybridized carbons (Fsp3) is 0.857. The topological polar surface area (TPSA) is 47.1 Å². The lowest BCUT2D eigenvalue weighted by Crippen LogP contribution is -2.48. The Morgan fingerprint density at radius 2 is 0.950 bits per heavy atom. The summed E-state index contributed by atoms with van der Waals surface area (Å²) in [5.41, 5.74) is 0. The van der Waals surface area contributed by atoms with Crippen molar-refractivity contribution in [1.29, 1.82) is 0 Å². The van der Waals surface area contributed by atoms with Crippen LogP contribution in [0.1, 0.15) is 13.8 Å². The molecule has 0 aromatic rings. The highest BCUT2D eigenvalue weighted by atomic mass is 16.2. The molecular formula is C14H30N4O2. The van der Waals surface area contributed by atoms with Gasteiger partial charge in [0.1, 0.15) is 0 Å². The van der Waals surface area contributed by atoms with Gasteiger partial charge in [-0.3, -0.25) is 19.4 Å². The van der Waals surface area contributed by atoms with Crippen molar-refractivity contribution in [2.75, 3.05) is 55.4 Å². The second-order valence-electron chi connectivity index (χ2n) is 5.78. The fourth-order valence-corrected chi connectivity index (χ4v) is 1.83. The summed E-state index contributed by atoms with van der Waals surface area (Å²) in [6, 6.07) is -0.309. The summed E-state index contributed by atoms with van der Waals surface area (Å²) in [7, 11) is 10.9. The molecule has 0 N–H and O–H groups in total.